The minimum atomic E-state index is 0.122. The zero-order valence-electron chi connectivity index (χ0n) is 13.3. The highest BCUT2D eigenvalue weighted by atomic mass is 32.2. The number of nitriles is 1. The van der Waals surface area contributed by atoms with Gasteiger partial charge in [0.1, 0.15) is 11.1 Å². The third-order valence-electron chi connectivity index (χ3n) is 3.98. The van der Waals surface area contributed by atoms with Crippen LogP contribution in [-0.4, -0.2) is 39.6 Å². The van der Waals surface area contributed by atoms with Gasteiger partial charge in [0.25, 0.3) is 0 Å². The van der Waals surface area contributed by atoms with E-state index in [0.717, 1.165) is 37.2 Å². The predicted molar refractivity (Wildman–Crippen MR) is 93.3 cm³/mol. The van der Waals surface area contributed by atoms with Crippen molar-refractivity contribution in [2.24, 2.45) is 0 Å². The summed E-state index contributed by atoms with van der Waals surface area (Å²) in [6, 6.07) is 9.49. The van der Waals surface area contributed by atoms with E-state index in [-0.39, 0.29) is 5.91 Å². The Hall–Kier alpha value is -2.39. The largest absolute Gasteiger partial charge is 0.342 e. The third-order valence-corrected chi connectivity index (χ3v) is 4.96. The van der Waals surface area contributed by atoms with Crippen LogP contribution in [0.2, 0.25) is 0 Å². The second-order valence-electron chi connectivity index (χ2n) is 5.63. The van der Waals surface area contributed by atoms with Gasteiger partial charge in [-0.3, -0.25) is 9.78 Å². The molecule has 6 heteroatoms. The number of hydrogen-bond donors (Lipinski definition) is 0. The topological polar surface area (TPSA) is 69.9 Å². The number of amides is 1. The molecule has 0 bridgehead atoms. The summed E-state index contributed by atoms with van der Waals surface area (Å²) >= 11 is 1.34. The molecule has 2 aromatic heterocycles. The highest BCUT2D eigenvalue weighted by Gasteiger charge is 2.17. The smallest absolute Gasteiger partial charge is 0.232 e. The first-order valence-corrected chi connectivity index (χ1v) is 8.98. The maximum Gasteiger partial charge on any atom is 0.232 e. The molecule has 0 atom stereocenters. The first-order chi connectivity index (χ1) is 11.8. The van der Waals surface area contributed by atoms with E-state index in [1.54, 1.807) is 18.5 Å². The van der Waals surface area contributed by atoms with Gasteiger partial charge in [-0.1, -0.05) is 11.8 Å². The summed E-state index contributed by atoms with van der Waals surface area (Å²) < 4.78 is 0. The lowest BCUT2D eigenvalue weighted by Crippen LogP contribution is -2.36. The normalized spacial score (nSPS) is 14.2. The van der Waals surface area contributed by atoms with Crippen molar-refractivity contribution in [1.29, 1.82) is 5.26 Å². The van der Waals surface area contributed by atoms with Crippen LogP contribution in [0.15, 0.2) is 41.7 Å². The van der Waals surface area contributed by atoms with Gasteiger partial charge in [0, 0.05) is 31.0 Å². The Balaban J connectivity index is 1.74. The van der Waals surface area contributed by atoms with Gasteiger partial charge in [-0.2, -0.15) is 5.26 Å². The molecule has 0 N–H and O–H groups in total. The Morgan fingerprint density at radius 1 is 1.25 bits per heavy atom. The molecule has 0 aromatic carbocycles. The molecule has 1 aliphatic heterocycles. The van der Waals surface area contributed by atoms with Gasteiger partial charge < -0.3 is 4.90 Å². The Morgan fingerprint density at radius 2 is 2.08 bits per heavy atom. The Morgan fingerprint density at radius 3 is 2.79 bits per heavy atom. The fourth-order valence-electron chi connectivity index (χ4n) is 2.68. The Bertz CT molecular complexity index is 751. The number of pyridine rings is 2. The molecular formula is C18H18N4OS. The van der Waals surface area contributed by atoms with E-state index in [1.807, 2.05) is 23.1 Å². The van der Waals surface area contributed by atoms with Crippen molar-refractivity contribution in [1.82, 2.24) is 14.9 Å². The average molecular weight is 338 g/mol. The van der Waals surface area contributed by atoms with E-state index >= 15 is 0 Å². The standard InChI is InChI=1S/C18H18N4OS/c19-11-14-6-7-16(15-5-4-8-20-12-15)21-18(14)24-13-17(23)22-9-2-1-3-10-22/h4-8,12H,1-3,9-10,13H2. The fourth-order valence-corrected chi connectivity index (χ4v) is 3.55. The molecule has 1 fully saturated rings. The van der Waals surface area contributed by atoms with Crippen molar-refractivity contribution in [3.05, 3.63) is 42.2 Å². The molecule has 0 spiro atoms. The monoisotopic (exact) mass is 338 g/mol. The molecule has 0 saturated carbocycles. The van der Waals surface area contributed by atoms with Gasteiger partial charge in [-0.25, -0.2) is 4.98 Å². The summed E-state index contributed by atoms with van der Waals surface area (Å²) in [6.07, 6.45) is 6.80. The Kier molecular flexibility index (Phi) is 5.44. The zero-order valence-corrected chi connectivity index (χ0v) is 14.1. The van der Waals surface area contributed by atoms with E-state index in [0.29, 0.717) is 16.3 Å². The van der Waals surface area contributed by atoms with Crippen molar-refractivity contribution in [3.8, 4) is 17.3 Å². The van der Waals surface area contributed by atoms with Crippen LogP contribution < -0.4 is 0 Å². The number of likely N-dealkylation sites (tertiary alicyclic amines) is 1. The lowest BCUT2D eigenvalue weighted by atomic mass is 10.1. The second kappa shape index (κ2) is 7.93. The lowest BCUT2D eigenvalue weighted by molar-refractivity contribution is -0.129. The number of carbonyl (C=O) groups is 1. The number of nitrogens with zero attached hydrogens (tertiary/aromatic N) is 4. The van der Waals surface area contributed by atoms with Crippen molar-refractivity contribution in [2.45, 2.75) is 24.3 Å². The molecular weight excluding hydrogens is 320 g/mol. The highest BCUT2D eigenvalue weighted by molar-refractivity contribution is 8.00. The molecule has 122 valence electrons. The maximum atomic E-state index is 12.3. The Labute approximate surface area is 145 Å². The summed E-state index contributed by atoms with van der Waals surface area (Å²) in [6.45, 7) is 1.68. The fraction of sp³-hybridized carbons (Fsp3) is 0.333. The van der Waals surface area contributed by atoms with Gasteiger partial charge in [-0.05, 0) is 43.5 Å². The first-order valence-electron chi connectivity index (χ1n) is 8.00. The number of piperidine rings is 1. The molecule has 0 radical (unpaired) electrons. The van der Waals surface area contributed by atoms with Crippen LogP contribution in [-0.2, 0) is 4.79 Å². The van der Waals surface area contributed by atoms with Crippen molar-refractivity contribution < 1.29 is 4.79 Å². The van der Waals surface area contributed by atoms with Crippen molar-refractivity contribution >= 4 is 17.7 Å². The molecule has 2 aromatic rings. The van der Waals surface area contributed by atoms with Gasteiger partial charge >= 0.3 is 0 Å². The third kappa shape index (κ3) is 3.92. The van der Waals surface area contributed by atoms with E-state index < -0.39 is 0 Å². The van der Waals surface area contributed by atoms with Crippen LogP contribution in [0, 0.1) is 11.3 Å². The molecule has 1 amide bonds. The van der Waals surface area contributed by atoms with Gasteiger partial charge in [0.15, 0.2) is 0 Å². The number of rotatable bonds is 4. The lowest BCUT2D eigenvalue weighted by Gasteiger charge is -2.26. The zero-order chi connectivity index (χ0) is 16.8. The van der Waals surface area contributed by atoms with Crippen molar-refractivity contribution in [3.63, 3.8) is 0 Å². The van der Waals surface area contributed by atoms with E-state index in [4.69, 9.17) is 0 Å². The van der Waals surface area contributed by atoms with Crippen LogP contribution in [0.4, 0.5) is 0 Å². The summed E-state index contributed by atoms with van der Waals surface area (Å²) in [5.74, 6) is 0.440. The number of aromatic nitrogens is 2. The van der Waals surface area contributed by atoms with Gasteiger partial charge in [0.05, 0.1) is 17.0 Å². The van der Waals surface area contributed by atoms with Crippen LogP contribution in [0.25, 0.3) is 11.3 Å². The minimum absolute atomic E-state index is 0.122. The quantitative estimate of drug-likeness (QED) is 0.801. The SMILES string of the molecule is N#Cc1ccc(-c2cccnc2)nc1SCC(=O)N1CCCCC1. The molecule has 1 aliphatic rings. The number of thioether (sulfide) groups is 1. The van der Waals surface area contributed by atoms with Crippen molar-refractivity contribution in [2.75, 3.05) is 18.8 Å². The molecule has 3 rings (SSSR count). The van der Waals surface area contributed by atoms with E-state index in [2.05, 4.69) is 16.0 Å². The van der Waals surface area contributed by atoms with Crippen LogP contribution in [0.5, 0.6) is 0 Å². The summed E-state index contributed by atoms with van der Waals surface area (Å²) in [4.78, 5) is 22.9. The highest BCUT2D eigenvalue weighted by Crippen LogP contribution is 2.25. The maximum absolute atomic E-state index is 12.3. The van der Waals surface area contributed by atoms with Crippen LogP contribution >= 0.6 is 11.8 Å². The molecule has 24 heavy (non-hydrogen) atoms. The minimum Gasteiger partial charge on any atom is -0.342 e. The summed E-state index contributed by atoms with van der Waals surface area (Å²) in [5, 5.41) is 9.88. The second-order valence-corrected chi connectivity index (χ2v) is 6.60. The molecule has 0 aliphatic carbocycles. The van der Waals surface area contributed by atoms with Crippen LogP contribution in [0.3, 0.4) is 0 Å². The van der Waals surface area contributed by atoms with E-state index in [1.165, 1.54) is 18.2 Å². The van der Waals surface area contributed by atoms with Gasteiger partial charge in [0.2, 0.25) is 5.91 Å². The molecule has 5 nitrogen and oxygen atoms in total. The molecule has 1 saturated heterocycles. The molecule has 3 heterocycles. The van der Waals surface area contributed by atoms with Crippen LogP contribution in [0.1, 0.15) is 24.8 Å². The summed E-state index contributed by atoms with van der Waals surface area (Å²) in [5.41, 5.74) is 2.15. The first kappa shape index (κ1) is 16.5. The number of hydrogen-bond acceptors (Lipinski definition) is 5. The van der Waals surface area contributed by atoms with Gasteiger partial charge in [-0.15, -0.1) is 0 Å². The summed E-state index contributed by atoms with van der Waals surface area (Å²) in [7, 11) is 0. The van der Waals surface area contributed by atoms with E-state index in [9.17, 15) is 10.1 Å². The average Bonchev–Trinajstić information content (AvgIpc) is 2.67. The predicted octanol–water partition coefficient (Wildman–Crippen LogP) is 3.12. The molecule has 0 unspecified atom stereocenters. The number of carbonyl (C=O) groups excluding carboxylic acids is 1.